The zero-order valence-electron chi connectivity index (χ0n) is 11.7. The lowest BCUT2D eigenvalue weighted by Gasteiger charge is -2.34. The third-order valence-electron chi connectivity index (χ3n) is 3.46. The Labute approximate surface area is 119 Å². The predicted molar refractivity (Wildman–Crippen MR) is 75.4 cm³/mol. The molecule has 5 nitrogen and oxygen atoms in total. The number of hydrogen-bond acceptors (Lipinski definition) is 3. The van der Waals surface area contributed by atoms with Crippen molar-refractivity contribution in [2.45, 2.75) is 6.42 Å². The molecule has 1 aliphatic heterocycles. The minimum atomic E-state index is 0.0367. The highest BCUT2D eigenvalue weighted by atomic mass is 16.5. The largest absolute Gasteiger partial charge is 0.384 e. The number of piperazine rings is 1. The number of methoxy groups -OCH3 is 1. The van der Waals surface area contributed by atoms with Crippen molar-refractivity contribution in [1.82, 2.24) is 9.80 Å². The first kappa shape index (κ1) is 14.5. The van der Waals surface area contributed by atoms with E-state index in [0.29, 0.717) is 44.8 Å². The molecule has 1 aromatic carbocycles. The van der Waals surface area contributed by atoms with Crippen molar-refractivity contribution in [1.29, 1.82) is 0 Å². The summed E-state index contributed by atoms with van der Waals surface area (Å²) in [6.45, 7) is 2.82. The van der Waals surface area contributed by atoms with Gasteiger partial charge in [-0.2, -0.15) is 0 Å². The van der Waals surface area contributed by atoms with Gasteiger partial charge in [-0.1, -0.05) is 18.2 Å². The van der Waals surface area contributed by atoms with Crippen molar-refractivity contribution in [3.05, 3.63) is 35.9 Å². The Bertz CT molecular complexity index is 453. The number of rotatable bonds is 4. The van der Waals surface area contributed by atoms with Gasteiger partial charge in [0.1, 0.15) is 0 Å². The van der Waals surface area contributed by atoms with Crippen molar-refractivity contribution in [3.63, 3.8) is 0 Å². The van der Waals surface area contributed by atoms with Crippen molar-refractivity contribution >= 4 is 11.8 Å². The van der Waals surface area contributed by atoms with Crippen LogP contribution in [0.5, 0.6) is 0 Å². The third kappa shape index (κ3) is 3.57. The molecule has 5 heteroatoms. The average Bonchev–Trinajstić information content (AvgIpc) is 2.53. The van der Waals surface area contributed by atoms with Crippen molar-refractivity contribution in [3.8, 4) is 0 Å². The molecule has 0 saturated carbocycles. The van der Waals surface area contributed by atoms with Crippen LogP contribution in [0.1, 0.15) is 16.8 Å². The standard InChI is InChI=1S/C15H20N2O3/c1-20-12-7-14(18)16-8-10-17(11-9-16)15(19)13-5-3-2-4-6-13/h2-6H,7-12H2,1H3. The van der Waals surface area contributed by atoms with Crippen LogP contribution < -0.4 is 0 Å². The summed E-state index contributed by atoms with van der Waals surface area (Å²) in [5.41, 5.74) is 0.701. The summed E-state index contributed by atoms with van der Waals surface area (Å²) in [6, 6.07) is 9.25. The Morgan fingerprint density at radius 2 is 1.65 bits per heavy atom. The molecule has 1 aromatic rings. The van der Waals surface area contributed by atoms with E-state index in [0.717, 1.165) is 0 Å². The van der Waals surface area contributed by atoms with Crippen LogP contribution in [0.15, 0.2) is 30.3 Å². The molecule has 108 valence electrons. The molecule has 0 atom stereocenters. The maximum absolute atomic E-state index is 12.3. The molecule has 0 unspecified atom stereocenters. The van der Waals surface area contributed by atoms with Gasteiger partial charge in [0.2, 0.25) is 5.91 Å². The van der Waals surface area contributed by atoms with Gasteiger partial charge in [0.25, 0.3) is 5.91 Å². The van der Waals surface area contributed by atoms with E-state index < -0.39 is 0 Å². The molecule has 1 aliphatic rings. The van der Waals surface area contributed by atoms with Crippen LogP contribution in [0.2, 0.25) is 0 Å². The Morgan fingerprint density at radius 1 is 1.05 bits per heavy atom. The lowest BCUT2D eigenvalue weighted by molar-refractivity contribution is -0.133. The second-order valence-electron chi connectivity index (χ2n) is 4.78. The first-order valence-corrected chi connectivity index (χ1v) is 6.83. The highest BCUT2D eigenvalue weighted by Gasteiger charge is 2.24. The zero-order valence-corrected chi connectivity index (χ0v) is 11.7. The van der Waals surface area contributed by atoms with E-state index in [9.17, 15) is 9.59 Å². The molecule has 20 heavy (non-hydrogen) atoms. The Hall–Kier alpha value is -1.88. The molecule has 2 amide bonds. The lowest BCUT2D eigenvalue weighted by atomic mass is 10.2. The first-order chi connectivity index (χ1) is 9.72. The minimum absolute atomic E-state index is 0.0367. The summed E-state index contributed by atoms with van der Waals surface area (Å²) >= 11 is 0. The van der Waals surface area contributed by atoms with Gasteiger partial charge >= 0.3 is 0 Å². The lowest BCUT2D eigenvalue weighted by Crippen LogP contribution is -2.50. The fraction of sp³-hybridized carbons (Fsp3) is 0.467. The number of amides is 2. The average molecular weight is 276 g/mol. The van der Waals surface area contributed by atoms with Crippen molar-refractivity contribution in [2.75, 3.05) is 39.9 Å². The van der Waals surface area contributed by atoms with Gasteiger partial charge < -0.3 is 14.5 Å². The molecule has 0 aliphatic carbocycles. The Kier molecular flexibility index (Phi) is 5.12. The molecule has 0 bridgehead atoms. The van der Waals surface area contributed by atoms with Crippen LogP contribution in [0.25, 0.3) is 0 Å². The SMILES string of the molecule is COCCC(=O)N1CCN(C(=O)c2ccccc2)CC1. The van der Waals surface area contributed by atoms with Gasteiger partial charge in [0, 0.05) is 38.9 Å². The molecular formula is C15H20N2O3. The zero-order chi connectivity index (χ0) is 14.4. The van der Waals surface area contributed by atoms with E-state index in [1.54, 1.807) is 16.9 Å². The van der Waals surface area contributed by atoms with Crippen molar-refractivity contribution < 1.29 is 14.3 Å². The Morgan fingerprint density at radius 3 is 2.25 bits per heavy atom. The molecule has 0 radical (unpaired) electrons. The smallest absolute Gasteiger partial charge is 0.253 e. The van der Waals surface area contributed by atoms with Crippen LogP contribution in [0, 0.1) is 0 Å². The molecule has 1 heterocycles. The number of carbonyl (C=O) groups is 2. The van der Waals surface area contributed by atoms with E-state index >= 15 is 0 Å². The maximum Gasteiger partial charge on any atom is 0.253 e. The van der Waals surface area contributed by atoms with E-state index in [4.69, 9.17) is 4.74 Å². The fourth-order valence-corrected chi connectivity index (χ4v) is 2.27. The molecule has 2 rings (SSSR count). The van der Waals surface area contributed by atoms with Gasteiger partial charge in [-0.05, 0) is 12.1 Å². The van der Waals surface area contributed by atoms with E-state index in [2.05, 4.69) is 0 Å². The van der Waals surface area contributed by atoms with Crippen molar-refractivity contribution in [2.24, 2.45) is 0 Å². The summed E-state index contributed by atoms with van der Waals surface area (Å²) < 4.78 is 4.91. The van der Waals surface area contributed by atoms with Gasteiger partial charge in [0.05, 0.1) is 13.0 Å². The van der Waals surface area contributed by atoms with Gasteiger partial charge in [-0.3, -0.25) is 9.59 Å². The van der Waals surface area contributed by atoms with Crippen LogP contribution >= 0.6 is 0 Å². The fourth-order valence-electron chi connectivity index (χ4n) is 2.27. The number of ether oxygens (including phenoxy) is 1. The summed E-state index contributed by atoms with van der Waals surface area (Å²) in [6.07, 6.45) is 0.406. The first-order valence-electron chi connectivity index (χ1n) is 6.83. The molecule has 1 saturated heterocycles. The second-order valence-corrected chi connectivity index (χ2v) is 4.78. The molecule has 1 fully saturated rings. The van der Waals surface area contributed by atoms with Crippen LogP contribution in [-0.4, -0.2) is 61.5 Å². The predicted octanol–water partition coefficient (Wildman–Crippen LogP) is 1.01. The second kappa shape index (κ2) is 7.05. The summed E-state index contributed by atoms with van der Waals surface area (Å²) in [4.78, 5) is 27.7. The number of hydrogen-bond donors (Lipinski definition) is 0. The molecular weight excluding hydrogens is 256 g/mol. The Balaban J connectivity index is 1.85. The van der Waals surface area contributed by atoms with E-state index in [-0.39, 0.29) is 11.8 Å². The maximum atomic E-state index is 12.3. The molecule has 0 spiro atoms. The van der Waals surface area contributed by atoms with Gasteiger partial charge in [-0.25, -0.2) is 0 Å². The summed E-state index contributed by atoms with van der Waals surface area (Å²) in [5, 5.41) is 0. The van der Waals surface area contributed by atoms with E-state index in [1.807, 2.05) is 30.3 Å². The monoisotopic (exact) mass is 276 g/mol. The quantitative estimate of drug-likeness (QED) is 0.824. The highest BCUT2D eigenvalue weighted by Crippen LogP contribution is 2.09. The summed E-state index contributed by atoms with van der Waals surface area (Å²) in [5.74, 6) is 0.133. The molecule has 0 aromatic heterocycles. The summed E-state index contributed by atoms with van der Waals surface area (Å²) in [7, 11) is 1.59. The minimum Gasteiger partial charge on any atom is -0.384 e. The van der Waals surface area contributed by atoms with Crippen LogP contribution in [0.3, 0.4) is 0 Å². The van der Waals surface area contributed by atoms with Crippen LogP contribution in [-0.2, 0) is 9.53 Å². The third-order valence-corrected chi connectivity index (χ3v) is 3.46. The van der Waals surface area contributed by atoms with Gasteiger partial charge in [-0.15, -0.1) is 0 Å². The normalized spacial score (nSPS) is 15.2. The topological polar surface area (TPSA) is 49.9 Å². The van der Waals surface area contributed by atoms with Crippen LogP contribution in [0.4, 0.5) is 0 Å². The molecule has 0 N–H and O–H groups in total. The number of carbonyl (C=O) groups excluding carboxylic acids is 2. The number of nitrogens with zero attached hydrogens (tertiary/aromatic N) is 2. The number of benzene rings is 1. The van der Waals surface area contributed by atoms with Gasteiger partial charge in [0.15, 0.2) is 0 Å². The van der Waals surface area contributed by atoms with E-state index in [1.165, 1.54) is 0 Å². The highest BCUT2D eigenvalue weighted by molar-refractivity contribution is 5.94.